The molecule has 0 unspecified atom stereocenters. The Morgan fingerprint density at radius 2 is 0.906 bits per heavy atom. The summed E-state index contributed by atoms with van der Waals surface area (Å²) in [6.45, 7) is 4.69. The third-order valence-electron chi connectivity index (χ3n) is 11.1. The normalized spacial score (nSPS) is 12.9. The van der Waals surface area contributed by atoms with E-state index in [9.17, 15) is 0 Å². The number of hydrogen-bond acceptors (Lipinski definition) is 2. The van der Waals surface area contributed by atoms with Gasteiger partial charge in [-0.1, -0.05) is 178 Å². The average molecular weight is 677 g/mol. The summed E-state index contributed by atoms with van der Waals surface area (Å²) in [6.07, 6.45) is 0. The first-order valence-electron chi connectivity index (χ1n) is 18.3. The van der Waals surface area contributed by atoms with Crippen LogP contribution in [0.3, 0.4) is 0 Å². The van der Waals surface area contributed by atoms with E-state index < -0.39 is 0 Å². The van der Waals surface area contributed by atoms with E-state index in [1.165, 1.54) is 60.7 Å². The van der Waals surface area contributed by atoms with Crippen LogP contribution in [0.25, 0.3) is 88.8 Å². The predicted molar refractivity (Wildman–Crippen MR) is 222 cm³/mol. The van der Waals surface area contributed by atoms with Crippen molar-refractivity contribution < 1.29 is 0 Å². The fourth-order valence-corrected chi connectivity index (χ4v) is 8.37. The average Bonchev–Trinajstić information content (AvgIpc) is 3.45. The summed E-state index contributed by atoms with van der Waals surface area (Å²) in [5.74, 6) is 0.719. The van der Waals surface area contributed by atoms with Crippen LogP contribution in [0.4, 0.5) is 0 Å². The predicted octanol–water partition coefficient (Wildman–Crippen LogP) is 13.4. The molecule has 0 fully saturated rings. The van der Waals surface area contributed by atoms with Gasteiger partial charge in [0.2, 0.25) is 0 Å². The van der Waals surface area contributed by atoms with E-state index in [1.54, 1.807) is 0 Å². The SMILES string of the molecule is CC1(C)c2cc3ccccc3cc2-c2c(-c3cc(-c4ccc(-c5ccc(-c6ccccc6)cc5)c5ccccc45)nc(-c4ccccc4)n3)cccc21. The molecule has 8 aromatic carbocycles. The molecule has 2 nitrogen and oxygen atoms in total. The molecule has 1 aliphatic rings. The van der Waals surface area contributed by atoms with E-state index in [-0.39, 0.29) is 5.41 Å². The molecule has 0 bridgehead atoms. The highest BCUT2D eigenvalue weighted by atomic mass is 14.9. The Balaban J connectivity index is 1.16. The van der Waals surface area contributed by atoms with Gasteiger partial charge in [-0.2, -0.15) is 0 Å². The van der Waals surface area contributed by atoms with Gasteiger partial charge >= 0.3 is 0 Å². The van der Waals surface area contributed by atoms with Crippen molar-refractivity contribution in [3.8, 4) is 67.3 Å². The Morgan fingerprint density at radius 1 is 0.358 bits per heavy atom. The second-order valence-corrected chi connectivity index (χ2v) is 14.6. The van der Waals surface area contributed by atoms with Crippen LogP contribution in [0.1, 0.15) is 25.0 Å². The highest BCUT2D eigenvalue weighted by Gasteiger charge is 2.37. The number of fused-ring (bicyclic) bond motifs is 5. The van der Waals surface area contributed by atoms with Gasteiger partial charge < -0.3 is 0 Å². The monoisotopic (exact) mass is 676 g/mol. The minimum absolute atomic E-state index is 0.145. The Hall–Kier alpha value is -6.64. The molecule has 0 amide bonds. The van der Waals surface area contributed by atoms with E-state index in [0.29, 0.717) is 0 Å². The van der Waals surface area contributed by atoms with Gasteiger partial charge in [-0.15, -0.1) is 0 Å². The fraction of sp³-hybridized carbons (Fsp3) is 0.0588. The van der Waals surface area contributed by atoms with Crippen LogP contribution in [0.5, 0.6) is 0 Å². The number of nitrogens with zero attached hydrogens (tertiary/aromatic N) is 2. The molecule has 0 saturated heterocycles. The number of benzene rings is 8. The lowest BCUT2D eigenvalue weighted by atomic mass is 9.81. The topological polar surface area (TPSA) is 25.8 Å². The Kier molecular flexibility index (Phi) is 7.19. The zero-order valence-corrected chi connectivity index (χ0v) is 29.7. The van der Waals surface area contributed by atoms with Crippen LogP contribution < -0.4 is 0 Å². The van der Waals surface area contributed by atoms with Crippen molar-refractivity contribution in [2.75, 3.05) is 0 Å². The maximum atomic E-state index is 5.33. The molecule has 2 heteroatoms. The van der Waals surface area contributed by atoms with Crippen molar-refractivity contribution in [3.05, 3.63) is 193 Å². The highest BCUT2D eigenvalue weighted by Crippen LogP contribution is 2.53. The van der Waals surface area contributed by atoms with Crippen molar-refractivity contribution in [2.24, 2.45) is 0 Å². The molecule has 0 atom stereocenters. The van der Waals surface area contributed by atoms with Crippen molar-refractivity contribution in [2.45, 2.75) is 19.3 Å². The maximum absolute atomic E-state index is 5.33. The maximum Gasteiger partial charge on any atom is 0.160 e. The van der Waals surface area contributed by atoms with Crippen LogP contribution in [0.15, 0.2) is 182 Å². The van der Waals surface area contributed by atoms with E-state index in [2.05, 4.69) is 190 Å². The van der Waals surface area contributed by atoms with Gasteiger partial charge in [0, 0.05) is 22.1 Å². The molecule has 1 aliphatic carbocycles. The van der Waals surface area contributed by atoms with Gasteiger partial charge in [0.1, 0.15) is 0 Å². The zero-order valence-electron chi connectivity index (χ0n) is 29.7. The summed E-state index contributed by atoms with van der Waals surface area (Å²) in [6, 6.07) is 65.4. The third-order valence-corrected chi connectivity index (χ3v) is 11.1. The van der Waals surface area contributed by atoms with Gasteiger partial charge in [-0.3, -0.25) is 0 Å². The van der Waals surface area contributed by atoms with Gasteiger partial charge in [-0.05, 0) is 84.3 Å². The molecule has 0 aliphatic heterocycles. The Bertz CT molecular complexity index is 2830. The molecule has 250 valence electrons. The van der Waals surface area contributed by atoms with Crippen LogP contribution in [-0.4, -0.2) is 9.97 Å². The first-order chi connectivity index (χ1) is 26.0. The minimum Gasteiger partial charge on any atom is -0.228 e. The molecule has 9 aromatic rings. The van der Waals surface area contributed by atoms with Gasteiger partial charge in [0.25, 0.3) is 0 Å². The molecule has 0 radical (unpaired) electrons. The Morgan fingerprint density at radius 3 is 1.62 bits per heavy atom. The summed E-state index contributed by atoms with van der Waals surface area (Å²) in [4.78, 5) is 10.6. The molecular weight excluding hydrogens is 641 g/mol. The summed E-state index contributed by atoms with van der Waals surface area (Å²) in [7, 11) is 0. The van der Waals surface area contributed by atoms with Crippen molar-refractivity contribution in [3.63, 3.8) is 0 Å². The molecule has 1 heterocycles. The van der Waals surface area contributed by atoms with Crippen LogP contribution >= 0.6 is 0 Å². The number of hydrogen-bond donors (Lipinski definition) is 0. The fourth-order valence-electron chi connectivity index (χ4n) is 8.37. The summed E-state index contributed by atoms with van der Waals surface area (Å²) >= 11 is 0. The summed E-state index contributed by atoms with van der Waals surface area (Å²) in [5.41, 5.74) is 15.0. The quantitative estimate of drug-likeness (QED) is 0.181. The molecule has 0 spiro atoms. The van der Waals surface area contributed by atoms with E-state index in [4.69, 9.17) is 9.97 Å². The number of aromatic nitrogens is 2. The van der Waals surface area contributed by atoms with Crippen molar-refractivity contribution >= 4 is 21.5 Å². The molecular formula is C51H36N2. The first kappa shape index (κ1) is 31.1. The van der Waals surface area contributed by atoms with Crippen molar-refractivity contribution in [1.82, 2.24) is 9.97 Å². The summed E-state index contributed by atoms with van der Waals surface area (Å²) < 4.78 is 0. The van der Waals surface area contributed by atoms with Crippen LogP contribution in [-0.2, 0) is 5.41 Å². The highest BCUT2D eigenvalue weighted by molar-refractivity contribution is 6.05. The molecule has 53 heavy (non-hydrogen) atoms. The van der Waals surface area contributed by atoms with Gasteiger partial charge in [0.15, 0.2) is 5.82 Å². The second kappa shape index (κ2) is 12.3. The van der Waals surface area contributed by atoms with E-state index >= 15 is 0 Å². The molecule has 0 saturated carbocycles. The van der Waals surface area contributed by atoms with E-state index in [1.807, 2.05) is 6.07 Å². The lowest BCUT2D eigenvalue weighted by molar-refractivity contribution is 0.661. The standard InChI is InChI=1S/C51H36N2/c1-51(2)45-23-13-22-43(49(45)44-30-37-18-9-10-19-38(37)31-46(44)51)48-32-47(52-50(53-48)36-16-7-4-8-17-36)42-29-28-39(40-20-11-12-21-41(40)42)35-26-24-34(25-27-35)33-14-5-3-6-15-33/h3-32H,1-2H3. The number of rotatable bonds is 5. The van der Waals surface area contributed by atoms with Crippen molar-refractivity contribution in [1.29, 1.82) is 0 Å². The van der Waals surface area contributed by atoms with Crippen LogP contribution in [0, 0.1) is 0 Å². The Labute approximate surface area is 310 Å². The summed E-state index contributed by atoms with van der Waals surface area (Å²) in [5, 5.41) is 4.88. The zero-order chi connectivity index (χ0) is 35.5. The largest absolute Gasteiger partial charge is 0.228 e. The second-order valence-electron chi connectivity index (χ2n) is 14.6. The smallest absolute Gasteiger partial charge is 0.160 e. The molecule has 0 N–H and O–H groups in total. The molecule has 1 aromatic heterocycles. The molecule has 10 rings (SSSR count). The minimum atomic E-state index is -0.145. The third kappa shape index (κ3) is 5.18. The van der Waals surface area contributed by atoms with Gasteiger partial charge in [0.05, 0.1) is 11.4 Å². The lowest BCUT2D eigenvalue weighted by Gasteiger charge is -2.22. The van der Waals surface area contributed by atoms with Crippen LogP contribution in [0.2, 0.25) is 0 Å². The van der Waals surface area contributed by atoms with E-state index in [0.717, 1.165) is 39.3 Å². The first-order valence-corrected chi connectivity index (χ1v) is 18.3. The van der Waals surface area contributed by atoms with Gasteiger partial charge in [-0.25, -0.2) is 9.97 Å². The lowest BCUT2D eigenvalue weighted by Crippen LogP contribution is -2.14.